The number of aliphatic hydroxyl groups excluding tert-OH is 1. The average molecular weight is 311 g/mol. The van der Waals surface area contributed by atoms with Gasteiger partial charge in [-0.3, -0.25) is 0 Å². The molecular weight excluding hydrogens is 302 g/mol. The van der Waals surface area contributed by atoms with Crippen molar-refractivity contribution in [2.24, 2.45) is 0 Å². The highest BCUT2D eigenvalue weighted by Gasteiger charge is 2.19. The van der Waals surface area contributed by atoms with Crippen molar-refractivity contribution in [2.45, 2.75) is 6.10 Å². The van der Waals surface area contributed by atoms with Crippen molar-refractivity contribution in [3.05, 3.63) is 69.7 Å². The SMILES string of the molecule is OC(c1cc2cc(F)ccc2o1)c1cccc(Cl)c1Cl. The van der Waals surface area contributed by atoms with E-state index in [9.17, 15) is 9.50 Å². The highest BCUT2D eigenvalue weighted by atomic mass is 35.5. The number of hydrogen-bond donors (Lipinski definition) is 1. The minimum absolute atomic E-state index is 0.272. The van der Waals surface area contributed by atoms with Crippen LogP contribution in [0, 0.1) is 5.82 Å². The Labute approximate surface area is 124 Å². The summed E-state index contributed by atoms with van der Waals surface area (Å²) in [6.45, 7) is 0. The van der Waals surface area contributed by atoms with Gasteiger partial charge in [-0.25, -0.2) is 4.39 Å². The first-order chi connectivity index (χ1) is 9.56. The van der Waals surface area contributed by atoms with Gasteiger partial charge in [0.25, 0.3) is 0 Å². The number of aliphatic hydroxyl groups is 1. The summed E-state index contributed by atoms with van der Waals surface area (Å²) in [5, 5.41) is 11.5. The first-order valence-corrected chi connectivity index (χ1v) is 6.63. The Bertz CT molecular complexity index is 783. The summed E-state index contributed by atoms with van der Waals surface area (Å²) in [7, 11) is 0. The highest BCUT2D eigenvalue weighted by Crippen LogP contribution is 2.35. The second kappa shape index (κ2) is 5.09. The third-order valence-electron chi connectivity index (χ3n) is 3.04. The summed E-state index contributed by atoms with van der Waals surface area (Å²) in [5.41, 5.74) is 0.942. The Balaban J connectivity index is 2.08. The summed E-state index contributed by atoms with van der Waals surface area (Å²) in [6, 6.07) is 10.7. The number of furan rings is 1. The van der Waals surface area contributed by atoms with Crippen molar-refractivity contribution in [1.29, 1.82) is 0 Å². The van der Waals surface area contributed by atoms with Crippen LogP contribution in [0.15, 0.2) is 46.9 Å². The Morgan fingerprint density at radius 2 is 1.90 bits per heavy atom. The van der Waals surface area contributed by atoms with Gasteiger partial charge in [-0.05, 0) is 30.3 Å². The number of halogens is 3. The molecule has 20 heavy (non-hydrogen) atoms. The molecule has 0 radical (unpaired) electrons. The minimum Gasteiger partial charge on any atom is -0.458 e. The summed E-state index contributed by atoms with van der Waals surface area (Å²) >= 11 is 12.0. The predicted molar refractivity (Wildman–Crippen MR) is 76.7 cm³/mol. The van der Waals surface area contributed by atoms with E-state index in [4.69, 9.17) is 27.6 Å². The molecule has 5 heteroatoms. The van der Waals surface area contributed by atoms with Crippen LogP contribution in [-0.4, -0.2) is 5.11 Å². The second-order valence-electron chi connectivity index (χ2n) is 4.38. The van der Waals surface area contributed by atoms with Crippen LogP contribution in [0.25, 0.3) is 11.0 Å². The summed E-state index contributed by atoms with van der Waals surface area (Å²) in [5.74, 6) is -0.0742. The molecule has 1 unspecified atom stereocenters. The van der Waals surface area contributed by atoms with E-state index in [1.165, 1.54) is 18.2 Å². The van der Waals surface area contributed by atoms with Crippen LogP contribution in [0.3, 0.4) is 0 Å². The van der Waals surface area contributed by atoms with Crippen LogP contribution < -0.4 is 0 Å². The molecule has 0 saturated carbocycles. The van der Waals surface area contributed by atoms with Gasteiger partial charge in [0.15, 0.2) is 0 Å². The fourth-order valence-electron chi connectivity index (χ4n) is 2.05. The first kappa shape index (κ1) is 13.4. The van der Waals surface area contributed by atoms with Crippen LogP contribution in [0.1, 0.15) is 17.4 Å². The van der Waals surface area contributed by atoms with Crippen LogP contribution in [0.5, 0.6) is 0 Å². The maximum atomic E-state index is 13.1. The monoisotopic (exact) mass is 310 g/mol. The molecule has 0 saturated heterocycles. The van der Waals surface area contributed by atoms with Gasteiger partial charge in [0, 0.05) is 10.9 Å². The lowest BCUT2D eigenvalue weighted by Crippen LogP contribution is -1.99. The molecule has 0 fully saturated rings. The van der Waals surface area contributed by atoms with E-state index < -0.39 is 6.10 Å². The molecule has 3 rings (SSSR count). The lowest BCUT2D eigenvalue weighted by Gasteiger charge is -2.10. The standard InChI is InChI=1S/C15H9Cl2FO2/c16-11-3-1-2-10(14(11)17)15(19)13-7-8-6-9(18)4-5-12(8)20-13/h1-7,15,19H. The molecule has 0 aliphatic carbocycles. The molecule has 102 valence electrons. The second-order valence-corrected chi connectivity index (χ2v) is 5.16. The van der Waals surface area contributed by atoms with Gasteiger partial charge in [-0.2, -0.15) is 0 Å². The molecule has 0 spiro atoms. The third-order valence-corrected chi connectivity index (χ3v) is 3.88. The predicted octanol–water partition coefficient (Wildman–Crippen LogP) is 4.96. The Kier molecular flexibility index (Phi) is 3.42. The van der Waals surface area contributed by atoms with Crippen LogP contribution in [0.4, 0.5) is 4.39 Å². The van der Waals surface area contributed by atoms with Crippen molar-refractivity contribution in [2.75, 3.05) is 0 Å². The highest BCUT2D eigenvalue weighted by molar-refractivity contribution is 6.42. The fraction of sp³-hybridized carbons (Fsp3) is 0.0667. The molecule has 1 aromatic heterocycles. The fourth-order valence-corrected chi connectivity index (χ4v) is 2.47. The van der Waals surface area contributed by atoms with Crippen LogP contribution >= 0.6 is 23.2 Å². The molecule has 3 aromatic rings. The smallest absolute Gasteiger partial charge is 0.138 e. The molecule has 0 aliphatic rings. The largest absolute Gasteiger partial charge is 0.458 e. The Morgan fingerprint density at radius 1 is 1.10 bits per heavy atom. The number of benzene rings is 2. The first-order valence-electron chi connectivity index (χ1n) is 5.87. The normalized spacial score (nSPS) is 12.8. The van der Waals surface area contributed by atoms with E-state index in [-0.39, 0.29) is 16.6 Å². The number of hydrogen-bond acceptors (Lipinski definition) is 2. The average Bonchev–Trinajstić information content (AvgIpc) is 2.84. The summed E-state index contributed by atoms with van der Waals surface area (Å²) in [4.78, 5) is 0. The number of rotatable bonds is 2. The van der Waals surface area contributed by atoms with Crippen LogP contribution in [-0.2, 0) is 0 Å². The molecule has 2 aromatic carbocycles. The van der Waals surface area contributed by atoms with Crippen molar-refractivity contribution in [1.82, 2.24) is 0 Å². The Morgan fingerprint density at radius 3 is 2.70 bits per heavy atom. The molecular formula is C15H9Cl2FO2. The molecule has 2 nitrogen and oxygen atoms in total. The van der Waals surface area contributed by atoms with Gasteiger partial charge in [-0.1, -0.05) is 35.3 Å². The van der Waals surface area contributed by atoms with E-state index in [1.807, 2.05) is 0 Å². The molecule has 1 heterocycles. The van der Waals surface area contributed by atoms with Gasteiger partial charge < -0.3 is 9.52 Å². The topological polar surface area (TPSA) is 33.4 Å². The molecule has 0 amide bonds. The zero-order chi connectivity index (χ0) is 14.3. The van der Waals surface area contributed by atoms with Crippen molar-refractivity contribution < 1.29 is 13.9 Å². The lowest BCUT2D eigenvalue weighted by molar-refractivity contribution is 0.192. The minimum atomic E-state index is -1.06. The van der Waals surface area contributed by atoms with E-state index in [0.29, 0.717) is 21.6 Å². The molecule has 0 aliphatic heterocycles. The molecule has 1 atom stereocenters. The summed E-state index contributed by atoms with van der Waals surface area (Å²) < 4.78 is 18.7. The zero-order valence-electron chi connectivity index (χ0n) is 10.1. The quantitative estimate of drug-likeness (QED) is 0.725. The van der Waals surface area contributed by atoms with E-state index in [0.717, 1.165) is 0 Å². The van der Waals surface area contributed by atoms with Gasteiger partial charge >= 0.3 is 0 Å². The van der Waals surface area contributed by atoms with Gasteiger partial charge in [0.2, 0.25) is 0 Å². The van der Waals surface area contributed by atoms with E-state index in [1.54, 1.807) is 24.3 Å². The van der Waals surface area contributed by atoms with Crippen molar-refractivity contribution in [3.8, 4) is 0 Å². The zero-order valence-corrected chi connectivity index (χ0v) is 11.6. The maximum absolute atomic E-state index is 13.1. The lowest BCUT2D eigenvalue weighted by atomic mass is 10.1. The van der Waals surface area contributed by atoms with E-state index in [2.05, 4.69) is 0 Å². The van der Waals surface area contributed by atoms with Crippen LogP contribution in [0.2, 0.25) is 10.0 Å². The molecule has 1 N–H and O–H groups in total. The van der Waals surface area contributed by atoms with Crippen molar-refractivity contribution in [3.63, 3.8) is 0 Å². The van der Waals surface area contributed by atoms with E-state index >= 15 is 0 Å². The van der Waals surface area contributed by atoms with Gasteiger partial charge in [-0.15, -0.1) is 0 Å². The van der Waals surface area contributed by atoms with Gasteiger partial charge in [0.1, 0.15) is 23.3 Å². The van der Waals surface area contributed by atoms with Gasteiger partial charge in [0.05, 0.1) is 10.0 Å². The summed E-state index contributed by atoms with van der Waals surface area (Å²) in [6.07, 6.45) is -1.06. The third kappa shape index (κ3) is 2.29. The van der Waals surface area contributed by atoms with Crippen molar-refractivity contribution >= 4 is 34.2 Å². The Hall–Kier alpha value is -1.55. The molecule has 0 bridgehead atoms. The maximum Gasteiger partial charge on any atom is 0.138 e. The number of fused-ring (bicyclic) bond motifs is 1.